The van der Waals surface area contributed by atoms with Crippen molar-refractivity contribution >= 4 is 11.6 Å². The van der Waals surface area contributed by atoms with E-state index in [9.17, 15) is 26.3 Å². The summed E-state index contributed by atoms with van der Waals surface area (Å²) in [4.78, 5) is 1.42. The molecule has 3 N–H and O–H groups in total. The second-order valence-corrected chi connectivity index (χ2v) is 11.7. The van der Waals surface area contributed by atoms with Crippen LogP contribution in [0.5, 0.6) is 0 Å². The number of hydrogen-bond donors (Lipinski definition) is 3. The topological polar surface area (TPSA) is 139 Å². The van der Waals surface area contributed by atoms with E-state index in [1.54, 1.807) is 0 Å². The highest BCUT2D eigenvalue weighted by Gasteiger charge is 2.30. The Morgan fingerprint density at radius 2 is 1.11 bits per heavy atom. The molecular formula is C36H35ClF6N8O2. The number of H-pyrrole nitrogens is 1. The lowest BCUT2D eigenvalue weighted by atomic mass is 9.98. The molecule has 6 rings (SSSR count). The summed E-state index contributed by atoms with van der Waals surface area (Å²) in [5, 5.41) is 42.9. The molecule has 53 heavy (non-hydrogen) atoms. The Morgan fingerprint density at radius 3 is 1.53 bits per heavy atom. The van der Waals surface area contributed by atoms with Gasteiger partial charge in [-0.05, 0) is 82.6 Å². The van der Waals surface area contributed by atoms with Crippen molar-refractivity contribution in [3.63, 3.8) is 0 Å². The van der Waals surface area contributed by atoms with Crippen LogP contribution in [0.25, 0.3) is 22.8 Å². The molecule has 2 heterocycles. The zero-order valence-corrected chi connectivity index (χ0v) is 28.8. The third-order valence-electron chi connectivity index (χ3n) is 7.47. The van der Waals surface area contributed by atoms with Gasteiger partial charge >= 0.3 is 12.4 Å². The summed E-state index contributed by atoms with van der Waals surface area (Å²) < 4.78 is 75.8. The van der Waals surface area contributed by atoms with Crippen molar-refractivity contribution in [3.05, 3.63) is 130 Å². The molecule has 0 aliphatic heterocycles. The SMILES string of the molecule is FC(F)(F)c1ccc(Cc2ccccc2-c2nn[nH]n2)cc1.OCCCCl.OCCCn1nnc(-c2ccccc2Cc2ccc(C(F)(F)F)cc2)n1. The number of tetrazole rings is 2. The van der Waals surface area contributed by atoms with Gasteiger partial charge in [0, 0.05) is 30.2 Å². The fourth-order valence-corrected chi connectivity index (χ4v) is 4.96. The van der Waals surface area contributed by atoms with E-state index in [0.29, 0.717) is 49.8 Å². The van der Waals surface area contributed by atoms with E-state index in [0.717, 1.165) is 57.6 Å². The Balaban J connectivity index is 0.000000212. The van der Waals surface area contributed by atoms with Gasteiger partial charge in [0.05, 0.1) is 17.7 Å². The highest BCUT2D eigenvalue weighted by molar-refractivity contribution is 6.17. The minimum Gasteiger partial charge on any atom is -0.396 e. The lowest BCUT2D eigenvalue weighted by Gasteiger charge is -2.09. The predicted octanol–water partition coefficient (Wildman–Crippen LogP) is 7.42. The third kappa shape index (κ3) is 12.5. The van der Waals surface area contributed by atoms with Crippen LogP contribution >= 0.6 is 11.6 Å². The highest BCUT2D eigenvalue weighted by atomic mass is 35.5. The first-order valence-electron chi connectivity index (χ1n) is 16.2. The van der Waals surface area contributed by atoms with E-state index >= 15 is 0 Å². The average molecular weight is 761 g/mol. The minimum absolute atomic E-state index is 0.0430. The summed E-state index contributed by atoms with van der Waals surface area (Å²) in [6.45, 7) is 0.718. The number of alkyl halides is 7. The second kappa shape index (κ2) is 19.6. The number of benzene rings is 4. The van der Waals surface area contributed by atoms with Crippen LogP contribution in [0.1, 0.15) is 46.2 Å². The maximum absolute atomic E-state index is 12.7. The Bertz CT molecular complexity index is 1950. The van der Waals surface area contributed by atoms with Crippen LogP contribution in [0.3, 0.4) is 0 Å². The Hall–Kier alpha value is -5.19. The quantitative estimate of drug-likeness (QED) is 0.0917. The van der Waals surface area contributed by atoms with Gasteiger partial charge in [0.15, 0.2) is 0 Å². The Labute approximate surface area is 305 Å². The molecule has 0 saturated heterocycles. The molecule has 0 aliphatic rings. The Morgan fingerprint density at radius 1 is 0.623 bits per heavy atom. The fourth-order valence-electron chi connectivity index (χ4n) is 4.84. The molecule has 2 aromatic heterocycles. The predicted molar refractivity (Wildman–Crippen MR) is 185 cm³/mol. The summed E-state index contributed by atoms with van der Waals surface area (Å²) in [7, 11) is 0. The van der Waals surface area contributed by atoms with E-state index in [-0.39, 0.29) is 13.2 Å². The molecule has 0 spiro atoms. The number of aliphatic hydroxyl groups excluding tert-OH is 2. The van der Waals surface area contributed by atoms with Crippen molar-refractivity contribution in [2.45, 2.75) is 44.6 Å². The summed E-state index contributed by atoms with van der Waals surface area (Å²) in [6.07, 6.45) is -6.47. The van der Waals surface area contributed by atoms with Crippen molar-refractivity contribution in [2.24, 2.45) is 0 Å². The lowest BCUT2D eigenvalue weighted by molar-refractivity contribution is -0.138. The molecule has 280 valence electrons. The molecule has 0 amide bonds. The first-order valence-corrected chi connectivity index (χ1v) is 16.7. The van der Waals surface area contributed by atoms with Crippen LogP contribution < -0.4 is 0 Å². The van der Waals surface area contributed by atoms with Gasteiger partial charge in [-0.15, -0.1) is 32.0 Å². The van der Waals surface area contributed by atoms with Crippen molar-refractivity contribution in [2.75, 3.05) is 19.1 Å². The summed E-state index contributed by atoms with van der Waals surface area (Å²) in [5.74, 6) is 1.48. The summed E-state index contributed by atoms with van der Waals surface area (Å²) in [6, 6.07) is 25.2. The molecule has 17 heteroatoms. The third-order valence-corrected chi connectivity index (χ3v) is 7.74. The van der Waals surface area contributed by atoms with Gasteiger partial charge in [0.25, 0.3) is 0 Å². The number of nitrogens with zero attached hydrogens (tertiary/aromatic N) is 7. The van der Waals surface area contributed by atoms with Gasteiger partial charge in [-0.25, -0.2) is 0 Å². The molecular weight excluding hydrogens is 726 g/mol. The van der Waals surface area contributed by atoms with E-state index in [1.807, 2.05) is 48.5 Å². The maximum Gasteiger partial charge on any atom is 0.416 e. The zero-order chi connectivity index (χ0) is 38.3. The first-order chi connectivity index (χ1) is 25.4. The fraction of sp³-hybridized carbons (Fsp3) is 0.278. The molecule has 0 saturated carbocycles. The number of aliphatic hydroxyl groups is 2. The molecule has 10 nitrogen and oxygen atoms in total. The largest absolute Gasteiger partial charge is 0.416 e. The van der Waals surface area contributed by atoms with Gasteiger partial charge < -0.3 is 10.2 Å². The van der Waals surface area contributed by atoms with Gasteiger partial charge in [-0.3, -0.25) is 0 Å². The van der Waals surface area contributed by atoms with Crippen LogP contribution in [0.4, 0.5) is 26.3 Å². The molecule has 0 aliphatic carbocycles. The van der Waals surface area contributed by atoms with E-state index in [2.05, 4.69) is 36.0 Å². The monoisotopic (exact) mass is 760 g/mol. The number of rotatable bonds is 11. The van der Waals surface area contributed by atoms with E-state index in [4.69, 9.17) is 21.8 Å². The van der Waals surface area contributed by atoms with Gasteiger partial charge in [0.2, 0.25) is 11.6 Å². The van der Waals surface area contributed by atoms with Crippen LogP contribution in [-0.2, 0) is 31.7 Å². The minimum atomic E-state index is -4.34. The Kier molecular flexibility index (Phi) is 15.0. The number of aromatic nitrogens is 8. The van der Waals surface area contributed by atoms with Crippen LogP contribution in [-0.4, -0.2) is 70.1 Å². The first kappa shape index (κ1) is 40.6. The van der Waals surface area contributed by atoms with E-state index < -0.39 is 23.5 Å². The molecule has 0 atom stereocenters. The van der Waals surface area contributed by atoms with Gasteiger partial charge in [-0.1, -0.05) is 72.8 Å². The average Bonchev–Trinajstić information content (AvgIpc) is 3.85. The smallest absolute Gasteiger partial charge is 0.396 e. The van der Waals surface area contributed by atoms with Crippen LogP contribution in [0, 0.1) is 0 Å². The standard InChI is InChI=1S/C18H17F3N4O.C15H11F3N4.C3H7ClO/c19-18(20,21)15-8-6-13(7-9-15)12-14-4-1-2-5-16(14)17-22-24-25(23-17)10-3-11-26;16-15(17,18)12-7-5-10(6-8-12)9-11-3-1-2-4-13(11)14-19-21-22-20-14;4-2-1-3-5/h1-2,4-9,26H,3,10-12H2;1-8H,9H2,(H,19,20,21,22);5H,1-3H2. The second-order valence-electron chi connectivity index (χ2n) is 11.3. The van der Waals surface area contributed by atoms with Crippen LogP contribution in [0.2, 0.25) is 0 Å². The molecule has 4 aromatic carbocycles. The van der Waals surface area contributed by atoms with Crippen molar-refractivity contribution in [1.29, 1.82) is 0 Å². The molecule has 0 bridgehead atoms. The molecule has 6 aromatic rings. The number of aryl methyl sites for hydroxylation is 1. The number of aromatic amines is 1. The zero-order valence-electron chi connectivity index (χ0n) is 28.1. The number of hydrogen-bond acceptors (Lipinski definition) is 8. The van der Waals surface area contributed by atoms with Crippen molar-refractivity contribution in [3.8, 4) is 22.8 Å². The normalized spacial score (nSPS) is 11.3. The summed E-state index contributed by atoms with van der Waals surface area (Å²) in [5.41, 5.74) is 3.63. The van der Waals surface area contributed by atoms with Gasteiger partial charge in [0.1, 0.15) is 0 Å². The number of nitrogens with one attached hydrogen (secondary N) is 1. The van der Waals surface area contributed by atoms with E-state index in [1.165, 1.54) is 29.1 Å². The summed E-state index contributed by atoms with van der Waals surface area (Å²) >= 11 is 5.14. The van der Waals surface area contributed by atoms with Crippen molar-refractivity contribution < 1.29 is 36.6 Å². The molecule has 0 fully saturated rings. The maximum atomic E-state index is 12.7. The van der Waals surface area contributed by atoms with Crippen molar-refractivity contribution in [1.82, 2.24) is 40.8 Å². The lowest BCUT2D eigenvalue weighted by Crippen LogP contribution is -2.05. The number of halogens is 7. The highest BCUT2D eigenvalue weighted by Crippen LogP contribution is 2.31. The molecule has 0 radical (unpaired) electrons. The van der Waals surface area contributed by atoms with Crippen LogP contribution in [0.15, 0.2) is 97.1 Å². The molecule has 0 unspecified atom stereocenters. The van der Waals surface area contributed by atoms with Gasteiger partial charge in [-0.2, -0.15) is 36.4 Å².